The number of rotatable bonds is 9. The molecule has 0 aliphatic heterocycles. The first kappa shape index (κ1) is 24.5. The smallest absolute Gasteiger partial charge is 0.294 e. The standard InChI is InChI=1S/C30H25N5O3/c36-29(32-19-22-15-17-31-18-16-22)24-11-13-25(14-12-24)34-28-27(38-26-9-5-2-6-10-26)20-33-35(30(28)37)21-23-7-3-1-4-8-23/h1-18,20,34H,19,21H2,(H,32,36). The molecule has 0 atom stereocenters. The van der Waals surface area contributed by atoms with Gasteiger partial charge in [0.05, 0.1) is 12.7 Å². The number of nitrogens with one attached hydrogen (secondary N) is 2. The summed E-state index contributed by atoms with van der Waals surface area (Å²) < 4.78 is 7.38. The lowest BCUT2D eigenvalue weighted by Crippen LogP contribution is -2.26. The Morgan fingerprint density at radius 2 is 1.50 bits per heavy atom. The molecule has 188 valence electrons. The number of ether oxygens (including phenoxy) is 1. The molecule has 5 aromatic rings. The molecular weight excluding hydrogens is 478 g/mol. The minimum Gasteiger partial charge on any atom is -0.453 e. The molecule has 2 N–H and O–H groups in total. The van der Waals surface area contributed by atoms with E-state index in [0.717, 1.165) is 11.1 Å². The molecule has 0 aliphatic rings. The number of pyridine rings is 1. The number of anilines is 2. The van der Waals surface area contributed by atoms with Crippen molar-refractivity contribution in [2.24, 2.45) is 0 Å². The average molecular weight is 504 g/mol. The van der Waals surface area contributed by atoms with Crippen LogP contribution in [0.2, 0.25) is 0 Å². The van der Waals surface area contributed by atoms with Gasteiger partial charge in [-0.3, -0.25) is 14.6 Å². The van der Waals surface area contributed by atoms with Crippen molar-refractivity contribution in [3.05, 3.63) is 143 Å². The van der Waals surface area contributed by atoms with Gasteiger partial charge in [-0.05, 0) is 59.7 Å². The second-order valence-corrected chi connectivity index (χ2v) is 8.49. The second-order valence-electron chi connectivity index (χ2n) is 8.49. The highest BCUT2D eigenvalue weighted by molar-refractivity contribution is 5.94. The van der Waals surface area contributed by atoms with Crippen LogP contribution in [0.15, 0.2) is 120 Å². The monoisotopic (exact) mass is 503 g/mol. The Morgan fingerprint density at radius 1 is 0.816 bits per heavy atom. The van der Waals surface area contributed by atoms with Gasteiger partial charge in [0.2, 0.25) is 0 Å². The van der Waals surface area contributed by atoms with Gasteiger partial charge in [0.15, 0.2) is 11.4 Å². The van der Waals surface area contributed by atoms with Crippen molar-refractivity contribution >= 4 is 17.3 Å². The highest BCUT2D eigenvalue weighted by Crippen LogP contribution is 2.28. The van der Waals surface area contributed by atoms with Crippen molar-refractivity contribution in [3.63, 3.8) is 0 Å². The van der Waals surface area contributed by atoms with Crippen molar-refractivity contribution < 1.29 is 9.53 Å². The average Bonchev–Trinajstić information content (AvgIpc) is 2.97. The second kappa shape index (κ2) is 11.7. The van der Waals surface area contributed by atoms with E-state index in [2.05, 4.69) is 20.7 Å². The van der Waals surface area contributed by atoms with Crippen LogP contribution in [0, 0.1) is 0 Å². The summed E-state index contributed by atoms with van der Waals surface area (Å²) in [5.41, 5.74) is 2.95. The Hall–Kier alpha value is -5.24. The third kappa shape index (κ3) is 6.11. The molecule has 2 heterocycles. The number of nitrogens with zero attached hydrogens (tertiary/aromatic N) is 3. The quantitative estimate of drug-likeness (QED) is 0.289. The molecule has 1 amide bonds. The molecule has 0 radical (unpaired) electrons. The Labute approximate surface area is 219 Å². The van der Waals surface area contributed by atoms with Gasteiger partial charge in [-0.1, -0.05) is 48.5 Å². The van der Waals surface area contributed by atoms with Gasteiger partial charge in [-0.15, -0.1) is 0 Å². The number of aromatic nitrogens is 3. The van der Waals surface area contributed by atoms with Crippen molar-refractivity contribution in [2.75, 3.05) is 5.32 Å². The van der Waals surface area contributed by atoms with E-state index in [1.807, 2.05) is 60.7 Å². The van der Waals surface area contributed by atoms with Crippen LogP contribution in [-0.4, -0.2) is 20.7 Å². The predicted octanol–water partition coefficient (Wildman–Crippen LogP) is 5.15. The van der Waals surface area contributed by atoms with Crippen LogP contribution in [0.3, 0.4) is 0 Å². The number of amides is 1. The topological polar surface area (TPSA) is 98.1 Å². The van der Waals surface area contributed by atoms with Gasteiger partial charge < -0.3 is 15.4 Å². The first-order valence-electron chi connectivity index (χ1n) is 12.1. The molecule has 0 spiro atoms. The van der Waals surface area contributed by atoms with Crippen LogP contribution in [-0.2, 0) is 13.1 Å². The van der Waals surface area contributed by atoms with E-state index in [1.165, 1.54) is 10.9 Å². The number of carbonyl (C=O) groups is 1. The van der Waals surface area contributed by atoms with Crippen LogP contribution >= 0.6 is 0 Å². The molecule has 0 aliphatic carbocycles. The normalized spacial score (nSPS) is 10.5. The number of carbonyl (C=O) groups excluding carboxylic acids is 1. The fourth-order valence-corrected chi connectivity index (χ4v) is 3.78. The van der Waals surface area contributed by atoms with Crippen molar-refractivity contribution in [1.82, 2.24) is 20.1 Å². The van der Waals surface area contributed by atoms with E-state index < -0.39 is 0 Å². The van der Waals surface area contributed by atoms with Crippen LogP contribution in [0.1, 0.15) is 21.5 Å². The molecule has 0 unspecified atom stereocenters. The van der Waals surface area contributed by atoms with Gasteiger partial charge >= 0.3 is 0 Å². The Kier molecular flexibility index (Phi) is 7.51. The molecule has 2 aromatic heterocycles. The van der Waals surface area contributed by atoms with Crippen molar-refractivity contribution in [2.45, 2.75) is 13.1 Å². The first-order chi connectivity index (χ1) is 18.7. The van der Waals surface area contributed by atoms with E-state index in [0.29, 0.717) is 35.8 Å². The van der Waals surface area contributed by atoms with Gasteiger partial charge in [0.25, 0.3) is 11.5 Å². The van der Waals surface area contributed by atoms with E-state index in [4.69, 9.17) is 4.74 Å². The highest BCUT2D eigenvalue weighted by atomic mass is 16.5. The first-order valence-corrected chi connectivity index (χ1v) is 12.1. The summed E-state index contributed by atoms with van der Waals surface area (Å²) in [5.74, 6) is 0.680. The zero-order valence-corrected chi connectivity index (χ0v) is 20.5. The van der Waals surface area contributed by atoms with E-state index >= 15 is 0 Å². The minimum atomic E-state index is -0.332. The van der Waals surface area contributed by atoms with Gasteiger partial charge in [-0.25, -0.2) is 4.68 Å². The van der Waals surface area contributed by atoms with E-state index in [1.54, 1.807) is 48.8 Å². The maximum absolute atomic E-state index is 13.5. The maximum Gasteiger partial charge on any atom is 0.294 e. The number of hydrogen-bond donors (Lipinski definition) is 2. The third-order valence-corrected chi connectivity index (χ3v) is 5.77. The number of hydrogen-bond acceptors (Lipinski definition) is 6. The SMILES string of the molecule is O=C(NCc1ccncc1)c1ccc(Nc2c(Oc3ccccc3)cnn(Cc3ccccc3)c2=O)cc1. The summed E-state index contributed by atoms with van der Waals surface area (Å²) in [6.45, 7) is 0.718. The zero-order valence-electron chi connectivity index (χ0n) is 20.5. The maximum atomic E-state index is 13.5. The van der Waals surface area contributed by atoms with Gasteiger partial charge in [0.1, 0.15) is 5.75 Å². The Morgan fingerprint density at radius 3 is 2.21 bits per heavy atom. The molecule has 0 fully saturated rings. The third-order valence-electron chi connectivity index (χ3n) is 5.77. The molecule has 0 saturated carbocycles. The van der Waals surface area contributed by atoms with Crippen molar-refractivity contribution in [1.29, 1.82) is 0 Å². The Bertz CT molecular complexity index is 1560. The van der Waals surface area contributed by atoms with Gasteiger partial charge in [-0.2, -0.15) is 5.10 Å². The van der Waals surface area contributed by atoms with E-state index in [-0.39, 0.29) is 17.2 Å². The largest absolute Gasteiger partial charge is 0.453 e. The molecule has 3 aromatic carbocycles. The molecular formula is C30H25N5O3. The zero-order chi connectivity index (χ0) is 26.2. The summed E-state index contributed by atoms with van der Waals surface area (Å²) in [6, 6.07) is 29.4. The highest BCUT2D eigenvalue weighted by Gasteiger charge is 2.15. The molecule has 0 saturated heterocycles. The summed E-state index contributed by atoms with van der Waals surface area (Å²) in [7, 11) is 0. The fourth-order valence-electron chi connectivity index (χ4n) is 3.78. The number of para-hydroxylation sites is 1. The van der Waals surface area contributed by atoms with Gasteiger partial charge in [0, 0.05) is 30.2 Å². The van der Waals surface area contributed by atoms with Crippen molar-refractivity contribution in [3.8, 4) is 11.5 Å². The minimum absolute atomic E-state index is 0.199. The lowest BCUT2D eigenvalue weighted by molar-refractivity contribution is 0.0951. The lowest BCUT2D eigenvalue weighted by atomic mass is 10.2. The van der Waals surface area contributed by atoms with Crippen LogP contribution in [0.25, 0.3) is 0 Å². The Balaban J connectivity index is 1.37. The van der Waals surface area contributed by atoms with Crippen LogP contribution < -0.4 is 20.9 Å². The molecule has 8 heteroatoms. The fraction of sp³-hybridized carbons (Fsp3) is 0.0667. The summed E-state index contributed by atoms with van der Waals surface area (Å²) >= 11 is 0. The lowest BCUT2D eigenvalue weighted by Gasteiger charge is -2.15. The predicted molar refractivity (Wildman–Crippen MR) is 146 cm³/mol. The van der Waals surface area contributed by atoms with Crippen LogP contribution in [0.5, 0.6) is 11.5 Å². The summed E-state index contributed by atoms with van der Waals surface area (Å²) in [6.07, 6.45) is 4.90. The molecule has 8 nitrogen and oxygen atoms in total. The van der Waals surface area contributed by atoms with Crippen LogP contribution in [0.4, 0.5) is 11.4 Å². The molecule has 5 rings (SSSR count). The van der Waals surface area contributed by atoms with E-state index in [9.17, 15) is 9.59 Å². The molecule has 38 heavy (non-hydrogen) atoms. The summed E-state index contributed by atoms with van der Waals surface area (Å²) in [5, 5.41) is 10.4. The summed E-state index contributed by atoms with van der Waals surface area (Å²) in [4.78, 5) is 30.0. The number of benzene rings is 3. The molecule has 0 bridgehead atoms.